The Kier molecular flexibility index (Phi) is 5.51. The highest BCUT2D eigenvalue weighted by Crippen LogP contribution is 2.25. The summed E-state index contributed by atoms with van der Waals surface area (Å²) < 4.78 is 0. The van der Waals surface area contributed by atoms with E-state index in [0.29, 0.717) is 11.8 Å². The number of nitrogens with zero attached hydrogens (tertiary/aromatic N) is 1. The van der Waals surface area contributed by atoms with E-state index in [9.17, 15) is 4.79 Å². The summed E-state index contributed by atoms with van der Waals surface area (Å²) in [5, 5.41) is 3.43. The number of benzene rings is 1. The van der Waals surface area contributed by atoms with E-state index >= 15 is 0 Å². The van der Waals surface area contributed by atoms with Crippen LogP contribution < -0.4 is 10.2 Å². The number of nitrogens with one attached hydrogen (secondary N) is 1. The minimum Gasteiger partial charge on any atom is -0.314 e. The summed E-state index contributed by atoms with van der Waals surface area (Å²) in [5.74, 6) is 0.0664. The molecule has 0 bridgehead atoms. The van der Waals surface area contributed by atoms with Gasteiger partial charge in [0.25, 0.3) is 0 Å². The first-order valence-electron chi connectivity index (χ1n) is 5.72. The number of anilines is 1. The van der Waals surface area contributed by atoms with Crippen molar-refractivity contribution in [2.45, 2.75) is 24.0 Å². The van der Waals surface area contributed by atoms with Crippen LogP contribution in [0.5, 0.6) is 0 Å². The normalized spacial score (nSPS) is 10.6. The van der Waals surface area contributed by atoms with E-state index in [0.717, 1.165) is 5.69 Å². The van der Waals surface area contributed by atoms with Crippen molar-refractivity contribution in [2.75, 3.05) is 25.5 Å². The van der Waals surface area contributed by atoms with Crippen LogP contribution in [0.1, 0.15) is 13.8 Å². The summed E-state index contributed by atoms with van der Waals surface area (Å²) in [5.41, 5.74) is 0.929. The maximum absolute atomic E-state index is 11.7. The Morgan fingerprint density at radius 2 is 1.94 bits per heavy atom. The van der Waals surface area contributed by atoms with Gasteiger partial charge in [-0.2, -0.15) is 0 Å². The topological polar surface area (TPSA) is 32.3 Å². The van der Waals surface area contributed by atoms with Crippen molar-refractivity contribution in [3.63, 3.8) is 0 Å². The van der Waals surface area contributed by atoms with Crippen LogP contribution in [-0.4, -0.2) is 31.8 Å². The number of hydrogen-bond donors (Lipinski definition) is 1. The van der Waals surface area contributed by atoms with Crippen LogP contribution in [-0.2, 0) is 4.79 Å². The average Bonchev–Trinajstić information content (AvgIpc) is 2.28. The molecule has 1 rings (SSSR count). The van der Waals surface area contributed by atoms with E-state index in [1.54, 1.807) is 19.0 Å². The molecule has 1 amide bonds. The Balaban J connectivity index is 2.70. The summed E-state index contributed by atoms with van der Waals surface area (Å²) in [6.45, 7) is 4.70. The number of amides is 1. The van der Waals surface area contributed by atoms with Crippen LogP contribution in [0.15, 0.2) is 29.2 Å². The number of thioether (sulfide) groups is 1. The molecule has 0 atom stereocenters. The second-order valence-electron chi connectivity index (χ2n) is 4.14. The van der Waals surface area contributed by atoms with E-state index in [1.165, 1.54) is 4.90 Å². The molecule has 0 radical (unpaired) electrons. The molecule has 94 valence electrons. The number of carbonyl (C=O) groups excluding carboxylic acids is 1. The van der Waals surface area contributed by atoms with Crippen molar-refractivity contribution in [3.05, 3.63) is 24.3 Å². The summed E-state index contributed by atoms with van der Waals surface area (Å²) in [6, 6.07) is 8.09. The van der Waals surface area contributed by atoms with E-state index in [1.807, 2.05) is 23.9 Å². The molecule has 0 aliphatic carbocycles. The summed E-state index contributed by atoms with van der Waals surface area (Å²) in [6.07, 6.45) is 0. The molecule has 0 saturated carbocycles. The molecule has 0 unspecified atom stereocenters. The maximum Gasteiger partial charge on any atom is 0.240 e. The first-order valence-corrected chi connectivity index (χ1v) is 6.60. The first kappa shape index (κ1) is 14.1. The van der Waals surface area contributed by atoms with Crippen molar-refractivity contribution in [1.29, 1.82) is 0 Å². The van der Waals surface area contributed by atoms with Crippen LogP contribution >= 0.6 is 11.8 Å². The zero-order valence-corrected chi connectivity index (χ0v) is 11.7. The van der Waals surface area contributed by atoms with Crippen LogP contribution in [0.2, 0.25) is 0 Å². The molecule has 1 aromatic carbocycles. The SMILES string of the molecule is CNCC(=O)N(C)c1ccc(SC(C)C)cc1. The fourth-order valence-electron chi connectivity index (χ4n) is 1.43. The van der Waals surface area contributed by atoms with Gasteiger partial charge < -0.3 is 10.2 Å². The molecule has 0 spiro atoms. The quantitative estimate of drug-likeness (QED) is 0.817. The highest BCUT2D eigenvalue weighted by atomic mass is 32.2. The number of rotatable bonds is 5. The van der Waals surface area contributed by atoms with Gasteiger partial charge in [0.2, 0.25) is 5.91 Å². The van der Waals surface area contributed by atoms with Gasteiger partial charge in [0.15, 0.2) is 0 Å². The zero-order valence-electron chi connectivity index (χ0n) is 10.9. The van der Waals surface area contributed by atoms with Gasteiger partial charge in [-0.25, -0.2) is 0 Å². The maximum atomic E-state index is 11.7. The monoisotopic (exact) mass is 252 g/mol. The van der Waals surface area contributed by atoms with Crippen LogP contribution in [0.3, 0.4) is 0 Å². The van der Waals surface area contributed by atoms with Crippen molar-refractivity contribution >= 4 is 23.4 Å². The van der Waals surface area contributed by atoms with Gasteiger partial charge in [-0.05, 0) is 31.3 Å². The molecule has 3 nitrogen and oxygen atoms in total. The second kappa shape index (κ2) is 6.67. The third-order valence-electron chi connectivity index (χ3n) is 2.30. The van der Waals surface area contributed by atoms with Gasteiger partial charge >= 0.3 is 0 Å². The highest BCUT2D eigenvalue weighted by Gasteiger charge is 2.09. The van der Waals surface area contributed by atoms with Crippen molar-refractivity contribution in [1.82, 2.24) is 5.32 Å². The minimum absolute atomic E-state index is 0.0664. The van der Waals surface area contributed by atoms with Crippen molar-refractivity contribution in [3.8, 4) is 0 Å². The van der Waals surface area contributed by atoms with Gasteiger partial charge in [-0.15, -0.1) is 11.8 Å². The lowest BCUT2D eigenvalue weighted by molar-refractivity contribution is -0.117. The Labute approximate surface area is 108 Å². The fraction of sp³-hybridized carbons (Fsp3) is 0.462. The summed E-state index contributed by atoms with van der Waals surface area (Å²) >= 11 is 1.82. The van der Waals surface area contributed by atoms with Crippen LogP contribution in [0, 0.1) is 0 Å². The molecule has 0 aromatic heterocycles. The molecule has 17 heavy (non-hydrogen) atoms. The lowest BCUT2D eigenvalue weighted by atomic mass is 10.3. The Morgan fingerprint density at radius 3 is 2.41 bits per heavy atom. The van der Waals surface area contributed by atoms with Crippen LogP contribution in [0.4, 0.5) is 5.69 Å². The van der Waals surface area contributed by atoms with Gasteiger partial charge in [-0.1, -0.05) is 13.8 Å². The van der Waals surface area contributed by atoms with Crippen molar-refractivity contribution in [2.24, 2.45) is 0 Å². The third-order valence-corrected chi connectivity index (χ3v) is 3.31. The first-order chi connectivity index (χ1) is 8.04. The predicted molar refractivity (Wildman–Crippen MR) is 74.8 cm³/mol. The zero-order chi connectivity index (χ0) is 12.8. The molecule has 0 heterocycles. The fourth-order valence-corrected chi connectivity index (χ4v) is 2.27. The molecular formula is C13H20N2OS. The lowest BCUT2D eigenvalue weighted by Crippen LogP contribution is -2.33. The van der Waals surface area contributed by atoms with E-state index < -0.39 is 0 Å². The summed E-state index contributed by atoms with van der Waals surface area (Å²) in [4.78, 5) is 14.6. The molecule has 0 aliphatic rings. The minimum atomic E-state index is 0.0664. The van der Waals surface area contributed by atoms with Crippen molar-refractivity contribution < 1.29 is 4.79 Å². The Morgan fingerprint density at radius 1 is 1.35 bits per heavy atom. The van der Waals surface area contributed by atoms with E-state index in [-0.39, 0.29) is 5.91 Å². The summed E-state index contributed by atoms with van der Waals surface area (Å²) in [7, 11) is 3.57. The van der Waals surface area contributed by atoms with Gasteiger partial charge in [0.1, 0.15) is 0 Å². The smallest absolute Gasteiger partial charge is 0.240 e. The molecule has 0 fully saturated rings. The number of carbonyl (C=O) groups is 1. The molecular weight excluding hydrogens is 232 g/mol. The predicted octanol–water partition coefficient (Wildman–Crippen LogP) is 2.37. The van der Waals surface area contributed by atoms with Gasteiger partial charge in [0.05, 0.1) is 6.54 Å². The molecule has 1 aromatic rings. The van der Waals surface area contributed by atoms with Gasteiger partial charge in [0, 0.05) is 22.9 Å². The highest BCUT2D eigenvalue weighted by molar-refractivity contribution is 7.99. The van der Waals surface area contributed by atoms with E-state index in [4.69, 9.17) is 0 Å². The van der Waals surface area contributed by atoms with Gasteiger partial charge in [-0.3, -0.25) is 4.79 Å². The number of likely N-dealkylation sites (N-methyl/N-ethyl adjacent to an activating group) is 2. The Hall–Kier alpha value is -1.00. The Bertz CT molecular complexity index is 362. The molecule has 0 aliphatic heterocycles. The second-order valence-corrected chi connectivity index (χ2v) is 5.79. The molecule has 1 N–H and O–H groups in total. The van der Waals surface area contributed by atoms with Crippen LogP contribution in [0.25, 0.3) is 0 Å². The largest absolute Gasteiger partial charge is 0.314 e. The lowest BCUT2D eigenvalue weighted by Gasteiger charge is -2.17. The third kappa shape index (κ3) is 4.40. The van der Waals surface area contributed by atoms with E-state index in [2.05, 4.69) is 31.3 Å². The molecule has 0 saturated heterocycles. The standard InChI is InChI=1S/C13H20N2OS/c1-10(2)17-12-7-5-11(6-8-12)15(4)13(16)9-14-3/h5-8,10,14H,9H2,1-4H3. The average molecular weight is 252 g/mol. The number of hydrogen-bond acceptors (Lipinski definition) is 3. The molecule has 4 heteroatoms.